The third-order valence-corrected chi connectivity index (χ3v) is 2.83. The van der Waals surface area contributed by atoms with Crippen LogP contribution in [-0.4, -0.2) is 49.4 Å². The summed E-state index contributed by atoms with van der Waals surface area (Å²) in [4.78, 5) is 25.1. The van der Waals surface area contributed by atoms with E-state index in [4.69, 9.17) is 0 Å². The normalized spacial score (nSPS) is 16.8. The topological polar surface area (TPSA) is 61.4 Å². The summed E-state index contributed by atoms with van der Waals surface area (Å²) in [6, 6.07) is 0. The van der Waals surface area contributed by atoms with Gasteiger partial charge in [0.1, 0.15) is 0 Å². The first-order valence-corrected chi connectivity index (χ1v) is 6.39. The van der Waals surface area contributed by atoms with Crippen LogP contribution in [0, 0.1) is 5.92 Å². The summed E-state index contributed by atoms with van der Waals surface area (Å²) in [5, 5.41) is 5.88. The Morgan fingerprint density at radius 1 is 1.29 bits per heavy atom. The molecule has 1 aliphatic heterocycles. The highest BCUT2D eigenvalue weighted by molar-refractivity contribution is 6.35. The van der Waals surface area contributed by atoms with Crippen LogP contribution in [0.5, 0.6) is 0 Å². The van der Waals surface area contributed by atoms with Gasteiger partial charge < -0.3 is 15.5 Å². The van der Waals surface area contributed by atoms with Crippen molar-refractivity contribution in [1.29, 1.82) is 0 Å². The molecule has 0 aromatic carbocycles. The van der Waals surface area contributed by atoms with Crippen LogP contribution in [0.3, 0.4) is 0 Å². The Morgan fingerprint density at radius 3 is 2.76 bits per heavy atom. The molecule has 98 valence electrons. The van der Waals surface area contributed by atoms with Crippen molar-refractivity contribution in [3.8, 4) is 0 Å². The Labute approximate surface area is 103 Å². The Balaban J connectivity index is 2.31. The molecule has 17 heavy (non-hydrogen) atoms. The van der Waals surface area contributed by atoms with Gasteiger partial charge in [-0.15, -0.1) is 0 Å². The van der Waals surface area contributed by atoms with E-state index in [-0.39, 0.29) is 0 Å². The molecular weight excluding hydrogens is 218 g/mol. The second kappa shape index (κ2) is 7.27. The van der Waals surface area contributed by atoms with Crippen molar-refractivity contribution in [2.75, 3.05) is 32.7 Å². The van der Waals surface area contributed by atoms with Crippen LogP contribution in [0.1, 0.15) is 26.7 Å². The first-order valence-electron chi connectivity index (χ1n) is 6.39. The molecule has 5 nitrogen and oxygen atoms in total. The molecule has 0 bridgehead atoms. The maximum atomic E-state index is 11.8. The fourth-order valence-electron chi connectivity index (χ4n) is 1.74. The molecule has 2 amide bonds. The average molecular weight is 241 g/mol. The van der Waals surface area contributed by atoms with Crippen LogP contribution < -0.4 is 10.6 Å². The monoisotopic (exact) mass is 241 g/mol. The fourth-order valence-corrected chi connectivity index (χ4v) is 1.74. The molecule has 1 heterocycles. The van der Waals surface area contributed by atoms with Crippen molar-refractivity contribution in [2.24, 2.45) is 5.92 Å². The van der Waals surface area contributed by atoms with Crippen molar-refractivity contribution < 1.29 is 9.59 Å². The molecule has 2 N–H and O–H groups in total. The quantitative estimate of drug-likeness (QED) is 0.682. The average Bonchev–Trinajstić information content (AvgIpc) is 2.55. The van der Waals surface area contributed by atoms with E-state index in [1.165, 1.54) is 0 Å². The Bertz CT molecular complexity index is 258. The van der Waals surface area contributed by atoms with Gasteiger partial charge in [-0.05, 0) is 25.3 Å². The zero-order chi connectivity index (χ0) is 12.7. The summed E-state index contributed by atoms with van der Waals surface area (Å²) in [6.45, 7) is 7.74. The number of rotatable bonds is 3. The lowest BCUT2D eigenvalue weighted by Gasteiger charge is -2.19. The van der Waals surface area contributed by atoms with E-state index in [1.54, 1.807) is 4.90 Å². The molecule has 0 aromatic heterocycles. The van der Waals surface area contributed by atoms with E-state index in [0.717, 1.165) is 25.9 Å². The van der Waals surface area contributed by atoms with Gasteiger partial charge in [0.2, 0.25) is 0 Å². The van der Waals surface area contributed by atoms with Gasteiger partial charge in [-0.2, -0.15) is 0 Å². The predicted molar refractivity (Wildman–Crippen MR) is 66.5 cm³/mol. The zero-order valence-corrected chi connectivity index (χ0v) is 10.8. The van der Waals surface area contributed by atoms with E-state index < -0.39 is 11.8 Å². The number of amides is 2. The molecule has 0 atom stereocenters. The SMILES string of the molecule is CC(C)CCNC(=O)C(=O)N1CCCNCC1. The van der Waals surface area contributed by atoms with Gasteiger partial charge in [0, 0.05) is 26.2 Å². The lowest BCUT2D eigenvalue weighted by molar-refractivity contribution is -0.145. The van der Waals surface area contributed by atoms with Gasteiger partial charge in [0.15, 0.2) is 0 Å². The van der Waals surface area contributed by atoms with Crippen molar-refractivity contribution in [2.45, 2.75) is 26.7 Å². The maximum Gasteiger partial charge on any atom is 0.311 e. The van der Waals surface area contributed by atoms with Crippen LogP contribution in [-0.2, 0) is 9.59 Å². The summed E-state index contributed by atoms with van der Waals surface area (Å²) in [7, 11) is 0. The third kappa shape index (κ3) is 5.17. The summed E-state index contributed by atoms with van der Waals surface area (Å²) in [5.74, 6) is -0.321. The zero-order valence-electron chi connectivity index (χ0n) is 10.8. The molecule has 1 rings (SSSR count). The first-order chi connectivity index (χ1) is 8.11. The molecule has 0 aromatic rings. The molecule has 1 saturated heterocycles. The first kappa shape index (κ1) is 14.0. The Kier molecular flexibility index (Phi) is 5.97. The van der Waals surface area contributed by atoms with E-state index in [0.29, 0.717) is 25.6 Å². The minimum Gasteiger partial charge on any atom is -0.348 e. The van der Waals surface area contributed by atoms with Crippen molar-refractivity contribution >= 4 is 11.8 Å². The smallest absolute Gasteiger partial charge is 0.311 e. The van der Waals surface area contributed by atoms with Gasteiger partial charge in [-0.25, -0.2) is 0 Å². The lowest BCUT2D eigenvalue weighted by atomic mass is 10.1. The second-order valence-corrected chi connectivity index (χ2v) is 4.83. The van der Waals surface area contributed by atoms with Gasteiger partial charge in [0.25, 0.3) is 0 Å². The standard InChI is InChI=1S/C12H23N3O2/c1-10(2)4-6-14-11(16)12(17)15-8-3-5-13-7-9-15/h10,13H,3-9H2,1-2H3,(H,14,16). The van der Waals surface area contributed by atoms with E-state index in [2.05, 4.69) is 24.5 Å². The van der Waals surface area contributed by atoms with E-state index in [9.17, 15) is 9.59 Å². The van der Waals surface area contributed by atoms with Crippen LogP contribution in [0.15, 0.2) is 0 Å². The number of nitrogens with one attached hydrogen (secondary N) is 2. The van der Waals surface area contributed by atoms with Crippen molar-refractivity contribution in [3.05, 3.63) is 0 Å². The minimum absolute atomic E-state index is 0.391. The number of hydrogen-bond acceptors (Lipinski definition) is 3. The fraction of sp³-hybridized carbons (Fsp3) is 0.833. The summed E-state index contributed by atoms with van der Waals surface area (Å²) in [6.07, 6.45) is 1.81. The largest absolute Gasteiger partial charge is 0.348 e. The van der Waals surface area contributed by atoms with E-state index in [1.807, 2.05) is 0 Å². The molecule has 0 aliphatic carbocycles. The molecule has 0 radical (unpaired) electrons. The summed E-state index contributed by atoms with van der Waals surface area (Å²) in [5.41, 5.74) is 0. The van der Waals surface area contributed by atoms with Gasteiger partial charge >= 0.3 is 11.8 Å². The molecule has 1 aliphatic rings. The Hall–Kier alpha value is -1.10. The molecule has 0 unspecified atom stereocenters. The molecule has 0 saturated carbocycles. The summed E-state index contributed by atoms with van der Waals surface area (Å²) >= 11 is 0. The summed E-state index contributed by atoms with van der Waals surface area (Å²) < 4.78 is 0. The van der Waals surface area contributed by atoms with Gasteiger partial charge in [-0.3, -0.25) is 9.59 Å². The van der Waals surface area contributed by atoms with Crippen LogP contribution in [0.25, 0.3) is 0 Å². The second-order valence-electron chi connectivity index (χ2n) is 4.83. The van der Waals surface area contributed by atoms with Crippen molar-refractivity contribution in [1.82, 2.24) is 15.5 Å². The molecule has 5 heteroatoms. The molecular formula is C12H23N3O2. The number of hydrogen-bond donors (Lipinski definition) is 2. The molecule has 1 fully saturated rings. The Morgan fingerprint density at radius 2 is 2.06 bits per heavy atom. The predicted octanol–water partition coefficient (Wildman–Crippen LogP) is -0.0294. The highest BCUT2D eigenvalue weighted by Gasteiger charge is 2.21. The highest BCUT2D eigenvalue weighted by atomic mass is 16.2. The number of carbonyl (C=O) groups is 2. The van der Waals surface area contributed by atoms with Gasteiger partial charge in [0.05, 0.1) is 0 Å². The van der Waals surface area contributed by atoms with E-state index >= 15 is 0 Å². The number of nitrogens with zero attached hydrogens (tertiary/aromatic N) is 1. The molecule has 0 spiro atoms. The minimum atomic E-state index is -0.465. The van der Waals surface area contributed by atoms with Crippen LogP contribution in [0.2, 0.25) is 0 Å². The highest BCUT2D eigenvalue weighted by Crippen LogP contribution is 1.98. The third-order valence-electron chi connectivity index (χ3n) is 2.83. The van der Waals surface area contributed by atoms with Crippen molar-refractivity contribution in [3.63, 3.8) is 0 Å². The van der Waals surface area contributed by atoms with Crippen LogP contribution in [0.4, 0.5) is 0 Å². The number of carbonyl (C=O) groups excluding carboxylic acids is 2. The van der Waals surface area contributed by atoms with Crippen LogP contribution >= 0.6 is 0 Å². The maximum absolute atomic E-state index is 11.8. The van der Waals surface area contributed by atoms with Gasteiger partial charge in [-0.1, -0.05) is 13.8 Å². The lowest BCUT2D eigenvalue weighted by Crippen LogP contribution is -2.44.